The van der Waals surface area contributed by atoms with Crippen LogP contribution in [0.5, 0.6) is 0 Å². The lowest BCUT2D eigenvalue weighted by atomic mass is 10.1. The van der Waals surface area contributed by atoms with Crippen molar-refractivity contribution in [2.75, 3.05) is 13.2 Å². The molecule has 110 valence electrons. The number of nitrogens with one attached hydrogen (secondary N) is 1. The minimum Gasteiger partial charge on any atom is -0.478 e. The smallest absolute Gasteiger partial charge is 0.335 e. The summed E-state index contributed by atoms with van der Waals surface area (Å²) in [6, 6.07) is 5.12. The van der Waals surface area contributed by atoms with Gasteiger partial charge in [-0.15, -0.1) is 0 Å². The molecule has 2 rings (SSSR count). The van der Waals surface area contributed by atoms with Crippen LogP contribution in [0.1, 0.15) is 41.6 Å². The Morgan fingerprint density at radius 3 is 2.95 bits per heavy atom. The molecule has 0 aromatic heterocycles. The van der Waals surface area contributed by atoms with E-state index in [2.05, 4.69) is 21.2 Å². The second-order valence-corrected chi connectivity index (χ2v) is 5.92. The van der Waals surface area contributed by atoms with Crippen LogP contribution in [-0.4, -0.2) is 30.3 Å². The van der Waals surface area contributed by atoms with Crippen molar-refractivity contribution in [1.82, 2.24) is 5.32 Å². The fourth-order valence-electron chi connectivity index (χ4n) is 2.34. The van der Waals surface area contributed by atoms with Crippen LogP contribution < -0.4 is 5.32 Å². The molecule has 1 heterocycles. The van der Waals surface area contributed by atoms with E-state index in [0.29, 0.717) is 11.7 Å². The van der Waals surface area contributed by atoms with Gasteiger partial charge in [-0.3, -0.25) is 0 Å². The zero-order valence-corrected chi connectivity index (χ0v) is 13.0. The molecule has 1 aromatic rings. The van der Waals surface area contributed by atoms with Crippen LogP contribution in [0.2, 0.25) is 0 Å². The molecule has 1 aliphatic heterocycles. The molecule has 0 aliphatic carbocycles. The standard InChI is InChI=1S/C15H20BrNO3/c16-14-9-11(15(18)19)4-5-12(14)10-17-7-6-13-3-1-2-8-20-13/h4-5,9,13,17H,1-3,6-8,10H2,(H,18,19). The Balaban J connectivity index is 1.74. The van der Waals surface area contributed by atoms with Crippen molar-refractivity contribution < 1.29 is 14.6 Å². The number of carbonyl (C=O) groups is 1. The van der Waals surface area contributed by atoms with Gasteiger partial charge in [-0.05, 0) is 49.9 Å². The molecule has 1 unspecified atom stereocenters. The molecule has 1 aliphatic rings. The zero-order chi connectivity index (χ0) is 14.4. The fraction of sp³-hybridized carbons (Fsp3) is 0.533. The van der Waals surface area contributed by atoms with E-state index in [1.165, 1.54) is 19.3 Å². The molecule has 0 spiro atoms. The van der Waals surface area contributed by atoms with E-state index in [1.807, 2.05) is 6.07 Å². The molecule has 1 aromatic carbocycles. The highest BCUT2D eigenvalue weighted by molar-refractivity contribution is 9.10. The van der Waals surface area contributed by atoms with Crippen LogP contribution in [0.15, 0.2) is 22.7 Å². The summed E-state index contributed by atoms with van der Waals surface area (Å²) in [5.41, 5.74) is 1.37. The van der Waals surface area contributed by atoms with Crippen molar-refractivity contribution in [1.29, 1.82) is 0 Å². The highest BCUT2D eigenvalue weighted by Gasteiger charge is 2.13. The Morgan fingerprint density at radius 1 is 1.45 bits per heavy atom. The van der Waals surface area contributed by atoms with Gasteiger partial charge in [0.1, 0.15) is 0 Å². The maximum atomic E-state index is 10.8. The Labute approximate surface area is 127 Å². The number of benzene rings is 1. The zero-order valence-electron chi connectivity index (χ0n) is 11.4. The lowest BCUT2D eigenvalue weighted by molar-refractivity contribution is 0.0115. The van der Waals surface area contributed by atoms with E-state index < -0.39 is 5.97 Å². The molecule has 2 N–H and O–H groups in total. The molecule has 0 saturated carbocycles. The van der Waals surface area contributed by atoms with Gasteiger partial charge in [0.05, 0.1) is 11.7 Å². The SMILES string of the molecule is O=C(O)c1ccc(CNCCC2CCCCO2)c(Br)c1. The molecule has 1 atom stereocenters. The third-order valence-electron chi connectivity index (χ3n) is 3.53. The van der Waals surface area contributed by atoms with Crippen molar-refractivity contribution >= 4 is 21.9 Å². The third kappa shape index (κ3) is 4.58. The van der Waals surface area contributed by atoms with Gasteiger partial charge in [0.15, 0.2) is 0 Å². The summed E-state index contributed by atoms with van der Waals surface area (Å²) in [4.78, 5) is 10.8. The monoisotopic (exact) mass is 341 g/mol. The fourth-order valence-corrected chi connectivity index (χ4v) is 2.86. The van der Waals surface area contributed by atoms with Gasteiger partial charge in [0.2, 0.25) is 0 Å². The summed E-state index contributed by atoms with van der Waals surface area (Å²) in [6.07, 6.45) is 5.05. The molecule has 1 fully saturated rings. The summed E-state index contributed by atoms with van der Waals surface area (Å²) in [5.74, 6) is -0.903. The van der Waals surface area contributed by atoms with Gasteiger partial charge < -0.3 is 15.2 Å². The molecule has 1 saturated heterocycles. The van der Waals surface area contributed by atoms with Gasteiger partial charge in [-0.1, -0.05) is 22.0 Å². The van der Waals surface area contributed by atoms with E-state index in [1.54, 1.807) is 12.1 Å². The number of ether oxygens (including phenoxy) is 1. The van der Waals surface area contributed by atoms with Crippen molar-refractivity contribution in [3.63, 3.8) is 0 Å². The van der Waals surface area contributed by atoms with Crippen LogP contribution in [-0.2, 0) is 11.3 Å². The summed E-state index contributed by atoms with van der Waals surface area (Å²) >= 11 is 3.42. The molecule has 0 radical (unpaired) electrons. The number of aromatic carboxylic acids is 1. The Bertz CT molecular complexity index is 458. The number of hydrogen-bond acceptors (Lipinski definition) is 3. The summed E-state index contributed by atoms with van der Waals surface area (Å²) in [7, 11) is 0. The lowest BCUT2D eigenvalue weighted by Crippen LogP contribution is -2.25. The van der Waals surface area contributed by atoms with Crippen LogP contribution in [0.25, 0.3) is 0 Å². The third-order valence-corrected chi connectivity index (χ3v) is 4.27. The van der Waals surface area contributed by atoms with Crippen molar-refractivity contribution in [3.8, 4) is 0 Å². The van der Waals surface area contributed by atoms with E-state index in [-0.39, 0.29) is 0 Å². The maximum Gasteiger partial charge on any atom is 0.335 e. The number of carboxylic acid groups (broad SMARTS) is 1. The van der Waals surface area contributed by atoms with Crippen molar-refractivity contribution in [3.05, 3.63) is 33.8 Å². The molecule has 0 amide bonds. The van der Waals surface area contributed by atoms with Crippen LogP contribution in [0.3, 0.4) is 0 Å². The molecular weight excluding hydrogens is 322 g/mol. The predicted octanol–water partition coefficient (Wildman–Crippen LogP) is 3.20. The number of carboxylic acids is 1. The average molecular weight is 342 g/mol. The second-order valence-electron chi connectivity index (χ2n) is 5.07. The summed E-state index contributed by atoms with van der Waals surface area (Å²) < 4.78 is 6.51. The normalized spacial score (nSPS) is 18.9. The Kier molecular flexibility index (Phi) is 6.01. The lowest BCUT2D eigenvalue weighted by Gasteiger charge is -2.22. The van der Waals surface area contributed by atoms with Gasteiger partial charge in [0, 0.05) is 17.6 Å². The predicted molar refractivity (Wildman–Crippen MR) is 81.0 cm³/mol. The molecule has 5 heteroatoms. The first-order valence-electron chi connectivity index (χ1n) is 7.01. The van der Waals surface area contributed by atoms with Crippen molar-refractivity contribution in [2.45, 2.75) is 38.3 Å². The van der Waals surface area contributed by atoms with Crippen molar-refractivity contribution in [2.24, 2.45) is 0 Å². The van der Waals surface area contributed by atoms with Crippen LogP contribution >= 0.6 is 15.9 Å². The quantitative estimate of drug-likeness (QED) is 0.780. The Morgan fingerprint density at radius 2 is 2.30 bits per heavy atom. The molecular formula is C15H20BrNO3. The van der Waals surface area contributed by atoms with Gasteiger partial charge in [-0.25, -0.2) is 4.79 Å². The number of hydrogen-bond donors (Lipinski definition) is 2. The average Bonchev–Trinajstić information content (AvgIpc) is 2.46. The number of halogens is 1. The minimum absolute atomic E-state index is 0.302. The first kappa shape index (κ1) is 15.5. The first-order chi connectivity index (χ1) is 9.66. The second kappa shape index (κ2) is 7.76. The molecule has 4 nitrogen and oxygen atoms in total. The van der Waals surface area contributed by atoms with E-state index in [0.717, 1.165) is 36.2 Å². The topological polar surface area (TPSA) is 58.6 Å². The number of rotatable bonds is 6. The van der Waals surface area contributed by atoms with E-state index >= 15 is 0 Å². The molecule has 20 heavy (non-hydrogen) atoms. The highest BCUT2D eigenvalue weighted by Crippen LogP contribution is 2.19. The molecule has 0 bridgehead atoms. The maximum absolute atomic E-state index is 10.8. The highest BCUT2D eigenvalue weighted by atomic mass is 79.9. The van der Waals surface area contributed by atoms with Gasteiger partial charge in [-0.2, -0.15) is 0 Å². The van der Waals surface area contributed by atoms with E-state index in [4.69, 9.17) is 9.84 Å². The minimum atomic E-state index is -0.903. The summed E-state index contributed by atoms with van der Waals surface area (Å²) in [5, 5.41) is 12.3. The summed E-state index contributed by atoms with van der Waals surface area (Å²) in [6.45, 7) is 2.54. The van der Waals surface area contributed by atoms with Crippen LogP contribution in [0, 0.1) is 0 Å². The van der Waals surface area contributed by atoms with Gasteiger partial charge >= 0.3 is 5.97 Å². The first-order valence-corrected chi connectivity index (χ1v) is 7.80. The largest absolute Gasteiger partial charge is 0.478 e. The van der Waals surface area contributed by atoms with E-state index in [9.17, 15) is 4.79 Å². The van der Waals surface area contributed by atoms with Crippen LogP contribution in [0.4, 0.5) is 0 Å². The Hall–Kier alpha value is -0.910. The van der Waals surface area contributed by atoms with Gasteiger partial charge in [0.25, 0.3) is 0 Å².